The molecule has 0 unspecified atom stereocenters. The third kappa shape index (κ3) is 3.76. The molecule has 0 spiro atoms. The quantitative estimate of drug-likeness (QED) is 0.707. The number of hydrogen-bond donors (Lipinski definition) is 1. The number of aromatic nitrogens is 2. The van der Waals surface area contributed by atoms with Gasteiger partial charge in [0.15, 0.2) is 0 Å². The van der Waals surface area contributed by atoms with E-state index < -0.39 is 10.0 Å². The van der Waals surface area contributed by atoms with Crippen molar-refractivity contribution in [2.24, 2.45) is 0 Å². The standard InChI is InChI=1S/C19H20ClN3O2S/c1-13-6-4-5-7-16(13)12-23-15(3)19(14(2)21-23)22-26(24,25)18-10-8-17(20)9-11-18/h4-11,22H,12H2,1-3H3. The van der Waals surface area contributed by atoms with Gasteiger partial charge in [-0.15, -0.1) is 0 Å². The normalized spacial score (nSPS) is 11.5. The molecule has 0 atom stereocenters. The Hall–Kier alpha value is -2.31. The summed E-state index contributed by atoms with van der Waals surface area (Å²) < 4.78 is 29.8. The minimum atomic E-state index is -3.70. The number of aryl methyl sites for hydroxylation is 2. The topological polar surface area (TPSA) is 64.0 Å². The minimum absolute atomic E-state index is 0.160. The van der Waals surface area contributed by atoms with E-state index in [4.69, 9.17) is 11.6 Å². The van der Waals surface area contributed by atoms with Gasteiger partial charge in [-0.3, -0.25) is 9.40 Å². The predicted octanol–water partition coefficient (Wildman–Crippen LogP) is 4.31. The highest BCUT2D eigenvalue weighted by Crippen LogP contribution is 2.25. The second-order valence-electron chi connectivity index (χ2n) is 6.19. The highest BCUT2D eigenvalue weighted by Gasteiger charge is 2.20. The van der Waals surface area contributed by atoms with Crippen LogP contribution in [-0.2, 0) is 16.6 Å². The van der Waals surface area contributed by atoms with Gasteiger partial charge in [0.05, 0.1) is 28.5 Å². The van der Waals surface area contributed by atoms with E-state index in [2.05, 4.69) is 9.82 Å². The number of sulfonamides is 1. The summed E-state index contributed by atoms with van der Waals surface area (Å²) in [5.74, 6) is 0. The van der Waals surface area contributed by atoms with Crippen molar-refractivity contribution in [2.75, 3.05) is 4.72 Å². The lowest BCUT2D eigenvalue weighted by Crippen LogP contribution is -2.14. The van der Waals surface area contributed by atoms with Crippen LogP contribution in [0.2, 0.25) is 5.02 Å². The minimum Gasteiger partial charge on any atom is -0.276 e. The van der Waals surface area contributed by atoms with Gasteiger partial charge < -0.3 is 0 Å². The summed E-state index contributed by atoms with van der Waals surface area (Å²) in [5.41, 5.74) is 4.22. The number of nitrogens with zero attached hydrogens (tertiary/aromatic N) is 2. The van der Waals surface area contributed by atoms with Crippen LogP contribution in [-0.4, -0.2) is 18.2 Å². The summed E-state index contributed by atoms with van der Waals surface area (Å²) in [4.78, 5) is 0.160. The zero-order valence-corrected chi connectivity index (χ0v) is 16.4. The van der Waals surface area contributed by atoms with Gasteiger partial charge in [0.2, 0.25) is 0 Å². The van der Waals surface area contributed by atoms with E-state index in [1.807, 2.05) is 42.8 Å². The van der Waals surface area contributed by atoms with Gasteiger partial charge in [-0.2, -0.15) is 5.10 Å². The van der Waals surface area contributed by atoms with E-state index >= 15 is 0 Å². The van der Waals surface area contributed by atoms with Gasteiger partial charge in [-0.25, -0.2) is 8.42 Å². The van der Waals surface area contributed by atoms with E-state index in [9.17, 15) is 8.42 Å². The lowest BCUT2D eigenvalue weighted by atomic mass is 10.1. The molecule has 5 nitrogen and oxygen atoms in total. The lowest BCUT2D eigenvalue weighted by molar-refractivity contribution is 0.601. The lowest BCUT2D eigenvalue weighted by Gasteiger charge is -2.10. The molecule has 1 N–H and O–H groups in total. The Balaban J connectivity index is 1.91. The molecule has 0 aliphatic heterocycles. The highest BCUT2D eigenvalue weighted by molar-refractivity contribution is 7.92. The van der Waals surface area contributed by atoms with E-state index in [-0.39, 0.29) is 4.90 Å². The molecule has 2 aromatic carbocycles. The Bertz CT molecular complexity index is 1040. The maximum Gasteiger partial charge on any atom is 0.262 e. The van der Waals surface area contributed by atoms with E-state index in [1.54, 1.807) is 19.1 Å². The van der Waals surface area contributed by atoms with Crippen LogP contribution >= 0.6 is 11.6 Å². The first-order valence-electron chi connectivity index (χ1n) is 8.15. The third-order valence-corrected chi connectivity index (χ3v) is 5.94. The van der Waals surface area contributed by atoms with Crippen LogP contribution < -0.4 is 4.72 Å². The number of nitrogens with one attached hydrogen (secondary N) is 1. The molecule has 7 heteroatoms. The fourth-order valence-corrected chi connectivity index (χ4v) is 4.06. The molecule has 0 radical (unpaired) electrons. The zero-order chi connectivity index (χ0) is 18.9. The van der Waals surface area contributed by atoms with Crippen LogP contribution in [0.25, 0.3) is 0 Å². The van der Waals surface area contributed by atoms with Gasteiger partial charge in [0, 0.05) is 5.02 Å². The Labute approximate surface area is 158 Å². The first-order chi connectivity index (χ1) is 12.3. The molecule has 0 bridgehead atoms. The van der Waals surface area contributed by atoms with Gasteiger partial charge in [-0.1, -0.05) is 35.9 Å². The number of rotatable bonds is 5. The van der Waals surface area contributed by atoms with Crippen molar-refractivity contribution in [3.8, 4) is 0 Å². The number of halogens is 1. The summed E-state index contributed by atoms with van der Waals surface area (Å²) in [6.07, 6.45) is 0. The molecule has 3 rings (SSSR count). The zero-order valence-electron chi connectivity index (χ0n) is 14.8. The van der Waals surface area contributed by atoms with Crippen LogP contribution in [0.4, 0.5) is 5.69 Å². The monoisotopic (exact) mass is 389 g/mol. The van der Waals surface area contributed by atoms with Crippen LogP contribution in [0.15, 0.2) is 53.4 Å². The Morgan fingerprint density at radius 1 is 1.04 bits per heavy atom. The van der Waals surface area contributed by atoms with Crippen LogP contribution in [0.3, 0.4) is 0 Å². The third-order valence-electron chi connectivity index (χ3n) is 4.32. The van der Waals surface area contributed by atoms with Crippen LogP contribution in [0.1, 0.15) is 22.5 Å². The number of hydrogen-bond acceptors (Lipinski definition) is 3. The second kappa shape index (κ2) is 7.13. The highest BCUT2D eigenvalue weighted by atomic mass is 35.5. The molecular weight excluding hydrogens is 370 g/mol. The molecule has 0 saturated carbocycles. The van der Waals surface area contributed by atoms with Crippen molar-refractivity contribution >= 4 is 27.3 Å². The summed E-state index contributed by atoms with van der Waals surface area (Å²) >= 11 is 5.84. The molecule has 1 heterocycles. The molecule has 0 fully saturated rings. The van der Waals surface area contributed by atoms with E-state index in [0.29, 0.717) is 22.9 Å². The van der Waals surface area contributed by atoms with Crippen LogP contribution in [0, 0.1) is 20.8 Å². The average Bonchev–Trinajstić information content (AvgIpc) is 2.84. The number of anilines is 1. The SMILES string of the molecule is Cc1ccccc1Cn1nc(C)c(NS(=O)(=O)c2ccc(Cl)cc2)c1C. The van der Waals surface area contributed by atoms with Crippen molar-refractivity contribution in [2.45, 2.75) is 32.2 Å². The first-order valence-corrected chi connectivity index (χ1v) is 10.0. The van der Waals surface area contributed by atoms with Gasteiger partial charge >= 0.3 is 0 Å². The predicted molar refractivity (Wildman–Crippen MR) is 104 cm³/mol. The van der Waals surface area contributed by atoms with Crippen molar-refractivity contribution < 1.29 is 8.42 Å². The van der Waals surface area contributed by atoms with E-state index in [1.165, 1.54) is 17.7 Å². The second-order valence-corrected chi connectivity index (χ2v) is 8.31. The molecule has 0 saturated heterocycles. The average molecular weight is 390 g/mol. The summed E-state index contributed by atoms with van der Waals surface area (Å²) in [6, 6.07) is 14.1. The Kier molecular flexibility index (Phi) is 5.07. The van der Waals surface area contributed by atoms with Crippen LogP contribution in [0.5, 0.6) is 0 Å². The van der Waals surface area contributed by atoms with Crippen molar-refractivity contribution in [3.63, 3.8) is 0 Å². The maximum atomic E-state index is 12.6. The van der Waals surface area contributed by atoms with Gasteiger partial charge in [-0.05, 0) is 56.2 Å². The molecule has 26 heavy (non-hydrogen) atoms. The van der Waals surface area contributed by atoms with Gasteiger partial charge in [0.25, 0.3) is 10.0 Å². The molecule has 1 aromatic heterocycles. The fourth-order valence-electron chi connectivity index (χ4n) is 2.75. The molecule has 136 valence electrons. The molecule has 0 aliphatic rings. The van der Waals surface area contributed by atoms with Gasteiger partial charge in [0.1, 0.15) is 0 Å². The first kappa shape index (κ1) is 18.5. The summed E-state index contributed by atoms with van der Waals surface area (Å²) in [6.45, 7) is 6.28. The van der Waals surface area contributed by atoms with E-state index in [0.717, 1.165) is 11.3 Å². The van der Waals surface area contributed by atoms with Crippen molar-refractivity contribution in [1.29, 1.82) is 0 Å². The summed E-state index contributed by atoms with van der Waals surface area (Å²) in [5, 5.41) is 5.00. The summed E-state index contributed by atoms with van der Waals surface area (Å²) in [7, 11) is -3.70. The molecular formula is C19H20ClN3O2S. The van der Waals surface area contributed by atoms with Crippen molar-refractivity contribution in [3.05, 3.63) is 76.1 Å². The maximum absolute atomic E-state index is 12.6. The molecule has 0 amide bonds. The largest absolute Gasteiger partial charge is 0.276 e. The number of benzene rings is 2. The molecule has 0 aliphatic carbocycles. The fraction of sp³-hybridized carbons (Fsp3) is 0.211. The Morgan fingerprint density at radius 2 is 1.69 bits per heavy atom. The molecule has 3 aromatic rings. The Morgan fingerprint density at radius 3 is 2.35 bits per heavy atom. The smallest absolute Gasteiger partial charge is 0.262 e. The van der Waals surface area contributed by atoms with Crippen molar-refractivity contribution in [1.82, 2.24) is 9.78 Å².